The van der Waals surface area contributed by atoms with Gasteiger partial charge in [-0.05, 0) is 79.8 Å². The number of hydrogen-bond donors (Lipinski definition) is 1. The number of ether oxygens (including phenoxy) is 1. The fourth-order valence-electron chi connectivity index (χ4n) is 4.29. The second kappa shape index (κ2) is 8.26. The molecule has 0 aliphatic heterocycles. The predicted molar refractivity (Wildman–Crippen MR) is 115 cm³/mol. The highest BCUT2D eigenvalue weighted by Gasteiger charge is 2.33. The Labute approximate surface area is 169 Å². The lowest BCUT2D eigenvalue weighted by atomic mass is 9.75. The van der Waals surface area contributed by atoms with E-state index in [9.17, 15) is 4.79 Å². The summed E-state index contributed by atoms with van der Waals surface area (Å²) in [6.07, 6.45) is 5.45. The van der Waals surface area contributed by atoms with Crippen LogP contribution in [0.25, 0.3) is 10.8 Å². The number of carbonyl (C=O) groups excluding carboxylic acids is 1. The average molecular weight is 385 g/mol. The fourth-order valence-corrected chi connectivity index (χ4v) is 4.58. The standard InChI is InChI=1S/C24H32O2S/c1-5-16(2)17-9-11-18(12-10-17)23(25)26-24(3,4)20-13-14-21-19(15-20)7-6-8-22(21)27/h6-8,13-18,27H,5,9-12H2,1-4H3. The molecular formula is C24H32O2S. The molecule has 2 nitrogen and oxygen atoms in total. The quantitative estimate of drug-likeness (QED) is 0.455. The summed E-state index contributed by atoms with van der Waals surface area (Å²) in [4.78, 5) is 13.8. The fraction of sp³-hybridized carbons (Fsp3) is 0.542. The third-order valence-corrected chi connectivity index (χ3v) is 6.85. The van der Waals surface area contributed by atoms with E-state index in [0.29, 0.717) is 0 Å². The number of fused-ring (bicyclic) bond motifs is 1. The van der Waals surface area contributed by atoms with Crippen LogP contribution in [-0.4, -0.2) is 5.97 Å². The summed E-state index contributed by atoms with van der Waals surface area (Å²) < 4.78 is 6.01. The van der Waals surface area contributed by atoms with Gasteiger partial charge in [-0.3, -0.25) is 4.79 Å². The highest BCUT2D eigenvalue weighted by molar-refractivity contribution is 7.80. The van der Waals surface area contributed by atoms with Crippen LogP contribution in [-0.2, 0) is 15.1 Å². The summed E-state index contributed by atoms with van der Waals surface area (Å²) in [6.45, 7) is 8.57. The zero-order valence-electron chi connectivity index (χ0n) is 17.0. The van der Waals surface area contributed by atoms with Gasteiger partial charge in [0.1, 0.15) is 5.60 Å². The molecule has 3 heteroatoms. The first-order valence-corrected chi connectivity index (χ1v) is 10.7. The van der Waals surface area contributed by atoms with Crippen molar-refractivity contribution in [3.05, 3.63) is 42.0 Å². The van der Waals surface area contributed by atoms with E-state index < -0.39 is 5.60 Å². The van der Waals surface area contributed by atoms with Crippen LogP contribution in [0.15, 0.2) is 41.3 Å². The van der Waals surface area contributed by atoms with E-state index >= 15 is 0 Å². The molecule has 1 fully saturated rings. The number of thiol groups is 1. The Bertz CT molecular complexity index is 803. The maximum atomic E-state index is 12.8. The van der Waals surface area contributed by atoms with E-state index in [-0.39, 0.29) is 11.9 Å². The highest BCUT2D eigenvalue weighted by Crippen LogP contribution is 2.37. The molecule has 0 amide bonds. The third kappa shape index (κ3) is 4.51. The topological polar surface area (TPSA) is 26.3 Å². The maximum Gasteiger partial charge on any atom is 0.309 e. The van der Waals surface area contributed by atoms with Gasteiger partial charge in [-0.1, -0.05) is 44.5 Å². The number of hydrogen-bond acceptors (Lipinski definition) is 3. The van der Waals surface area contributed by atoms with Crippen molar-refractivity contribution in [3.8, 4) is 0 Å². The predicted octanol–water partition coefficient (Wildman–Crippen LogP) is 6.76. The summed E-state index contributed by atoms with van der Waals surface area (Å²) >= 11 is 4.53. The molecule has 3 rings (SSSR count). The van der Waals surface area contributed by atoms with Crippen LogP contribution >= 0.6 is 12.6 Å². The summed E-state index contributed by atoms with van der Waals surface area (Å²) in [5, 5.41) is 2.24. The van der Waals surface area contributed by atoms with E-state index in [0.717, 1.165) is 58.8 Å². The van der Waals surface area contributed by atoms with Gasteiger partial charge in [0.05, 0.1) is 5.92 Å². The average Bonchev–Trinajstić information content (AvgIpc) is 2.67. The Morgan fingerprint density at radius 3 is 2.56 bits per heavy atom. The van der Waals surface area contributed by atoms with E-state index in [4.69, 9.17) is 4.74 Å². The minimum atomic E-state index is -0.633. The lowest BCUT2D eigenvalue weighted by molar-refractivity contribution is -0.164. The van der Waals surface area contributed by atoms with Crippen LogP contribution in [0.4, 0.5) is 0 Å². The van der Waals surface area contributed by atoms with Crippen molar-refractivity contribution in [1.82, 2.24) is 0 Å². The zero-order chi connectivity index (χ0) is 19.6. The van der Waals surface area contributed by atoms with Crippen molar-refractivity contribution < 1.29 is 9.53 Å². The van der Waals surface area contributed by atoms with Gasteiger partial charge in [-0.15, -0.1) is 12.6 Å². The van der Waals surface area contributed by atoms with Gasteiger partial charge in [0.25, 0.3) is 0 Å². The first-order valence-electron chi connectivity index (χ1n) is 10.3. The monoisotopic (exact) mass is 384 g/mol. The van der Waals surface area contributed by atoms with Crippen LogP contribution < -0.4 is 0 Å². The first kappa shape index (κ1) is 20.3. The van der Waals surface area contributed by atoms with Crippen LogP contribution in [0.3, 0.4) is 0 Å². The number of carbonyl (C=O) groups is 1. The van der Waals surface area contributed by atoms with E-state index in [1.807, 2.05) is 26.0 Å². The molecule has 0 aromatic heterocycles. The molecule has 0 saturated heterocycles. The summed E-state index contributed by atoms with van der Waals surface area (Å²) in [5.74, 6) is 1.54. The molecule has 0 spiro atoms. The van der Waals surface area contributed by atoms with Gasteiger partial charge in [-0.2, -0.15) is 0 Å². The van der Waals surface area contributed by atoms with Crippen molar-refractivity contribution in [2.45, 2.75) is 70.3 Å². The van der Waals surface area contributed by atoms with Crippen LogP contribution in [0.5, 0.6) is 0 Å². The third-order valence-electron chi connectivity index (χ3n) is 6.46. The Morgan fingerprint density at radius 1 is 1.19 bits per heavy atom. The molecule has 1 aliphatic carbocycles. The second-order valence-corrected chi connectivity index (χ2v) is 9.12. The van der Waals surface area contributed by atoms with Gasteiger partial charge in [0, 0.05) is 4.90 Å². The van der Waals surface area contributed by atoms with Gasteiger partial charge in [-0.25, -0.2) is 0 Å². The Kier molecular flexibility index (Phi) is 6.20. The van der Waals surface area contributed by atoms with Gasteiger partial charge >= 0.3 is 5.97 Å². The number of rotatable bonds is 5. The van der Waals surface area contributed by atoms with Crippen LogP contribution in [0.2, 0.25) is 0 Å². The molecule has 0 heterocycles. The molecule has 0 radical (unpaired) electrons. The van der Waals surface area contributed by atoms with Crippen molar-refractivity contribution in [2.75, 3.05) is 0 Å². The second-order valence-electron chi connectivity index (χ2n) is 8.64. The lowest BCUT2D eigenvalue weighted by Crippen LogP contribution is -2.32. The molecule has 1 unspecified atom stereocenters. The SMILES string of the molecule is CCC(C)C1CCC(C(=O)OC(C)(C)c2ccc3c(S)cccc3c2)CC1. The normalized spacial score (nSPS) is 21.8. The summed E-state index contributed by atoms with van der Waals surface area (Å²) in [7, 11) is 0. The minimum absolute atomic E-state index is 0.0364. The molecule has 0 bridgehead atoms. The Morgan fingerprint density at radius 2 is 1.89 bits per heavy atom. The number of esters is 1. The van der Waals surface area contributed by atoms with Crippen molar-refractivity contribution >= 4 is 29.4 Å². The Balaban J connectivity index is 1.68. The molecule has 27 heavy (non-hydrogen) atoms. The highest BCUT2D eigenvalue weighted by atomic mass is 32.1. The van der Waals surface area contributed by atoms with Crippen molar-refractivity contribution in [1.29, 1.82) is 0 Å². The van der Waals surface area contributed by atoms with Gasteiger partial charge in [0.2, 0.25) is 0 Å². The van der Waals surface area contributed by atoms with Crippen LogP contribution in [0.1, 0.15) is 65.4 Å². The lowest BCUT2D eigenvalue weighted by Gasteiger charge is -2.33. The molecule has 2 aromatic carbocycles. The largest absolute Gasteiger partial charge is 0.455 e. The van der Waals surface area contributed by atoms with E-state index in [2.05, 4.69) is 50.7 Å². The minimum Gasteiger partial charge on any atom is -0.455 e. The van der Waals surface area contributed by atoms with E-state index in [1.54, 1.807) is 0 Å². The summed E-state index contributed by atoms with van der Waals surface area (Å²) in [5.41, 5.74) is 0.390. The smallest absolute Gasteiger partial charge is 0.309 e. The molecule has 1 atom stereocenters. The maximum absolute atomic E-state index is 12.8. The van der Waals surface area contributed by atoms with Crippen molar-refractivity contribution in [2.24, 2.45) is 17.8 Å². The molecule has 1 aliphatic rings. The van der Waals surface area contributed by atoms with Crippen LogP contribution in [0, 0.1) is 17.8 Å². The molecular weight excluding hydrogens is 352 g/mol. The Hall–Kier alpha value is -1.48. The molecule has 2 aromatic rings. The number of benzene rings is 2. The first-order chi connectivity index (χ1) is 12.8. The molecule has 146 valence electrons. The van der Waals surface area contributed by atoms with Gasteiger partial charge < -0.3 is 4.74 Å². The summed E-state index contributed by atoms with van der Waals surface area (Å²) in [6, 6.07) is 12.3. The van der Waals surface area contributed by atoms with Gasteiger partial charge in [0.15, 0.2) is 0 Å². The van der Waals surface area contributed by atoms with Crippen molar-refractivity contribution in [3.63, 3.8) is 0 Å². The molecule has 1 saturated carbocycles. The molecule has 0 N–H and O–H groups in total. The van der Waals surface area contributed by atoms with E-state index in [1.165, 1.54) is 6.42 Å². The zero-order valence-corrected chi connectivity index (χ0v) is 17.9.